The zero-order valence-electron chi connectivity index (χ0n) is 13.6. The van der Waals surface area contributed by atoms with E-state index in [0.717, 1.165) is 25.3 Å². The molecule has 0 unspecified atom stereocenters. The predicted molar refractivity (Wildman–Crippen MR) is 85.0 cm³/mol. The molecule has 0 spiro atoms. The maximum absolute atomic E-state index is 12.2. The van der Waals surface area contributed by atoms with Crippen molar-refractivity contribution in [3.63, 3.8) is 0 Å². The topological polar surface area (TPSA) is 103 Å². The summed E-state index contributed by atoms with van der Waals surface area (Å²) in [4.78, 5) is 35.4. The van der Waals surface area contributed by atoms with Crippen LogP contribution >= 0.6 is 0 Å². The van der Waals surface area contributed by atoms with Gasteiger partial charge in [0, 0.05) is 18.2 Å². The largest absolute Gasteiger partial charge is 0.452 e. The van der Waals surface area contributed by atoms with Gasteiger partial charge in [0.15, 0.2) is 6.61 Å². The van der Waals surface area contributed by atoms with Crippen LogP contribution in [-0.2, 0) is 14.3 Å². The van der Waals surface area contributed by atoms with E-state index < -0.39 is 16.8 Å². The number of likely N-dealkylation sites (tertiary alicyclic amines) is 1. The molecule has 0 aromatic carbocycles. The molecule has 0 radical (unpaired) electrons. The van der Waals surface area contributed by atoms with E-state index in [4.69, 9.17) is 9.15 Å². The maximum Gasteiger partial charge on any atom is 0.433 e. The molecule has 0 N–H and O–H groups in total. The van der Waals surface area contributed by atoms with E-state index in [9.17, 15) is 19.7 Å². The quantitative estimate of drug-likeness (QED) is 0.354. The molecular formula is C16H20N2O6. The average Bonchev–Trinajstić information content (AvgIpc) is 3.00. The number of esters is 1. The van der Waals surface area contributed by atoms with Crippen molar-refractivity contribution in [2.24, 2.45) is 0 Å². The molecule has 8 nitrogen and oxygen atoms in total. The Kier molecular flexibility index (Phi) is 5.73. The molecule has 1 fully saturated rings. The van der Waals surface area contributed by atoms with Crippen LogP contribution in [0.3, 0.4) is 0 Å². The second-order valence-electron chi connectivity index (χ2n) is 5.80. The highest BCUT2D eigenvalue weighted by Crippen LogP contribution is 2.22. The Balaban J connectivity index is 1.84. The van der Waals surface area contributed by atoms with Crippen molar-refractivity contribution in [1.82, 2.24) is 4.90 Å². The van der Waals surface area contributed by atoms with Gasteiger partial charge in [0.25, 0.3) is 5.91 Å². The van der Waals surface area contributed by atoms with Crippen molar-refractivity contribution >= 4 is 23.8 Å². The lowest BCUT2D eigenvalue weighted by Crippen LogP contribution is -2.49. The van der Waals surface area contributed by atoms with Gasteiger partial charge in [-0.25, -0.2) is 4.79 Å². The molecule has 130 valence electrons. The summed E-state index contributed by atoms with van der Waals surface area (Å²) >= 11 is 0. The van der Waals surface area contributed by atoms with Crippen molar-refractivity contribution < 1.29 is 23.7 Å². The minimum Gasteiger partial charge on any atom is -0.452 e. The lowest BCUT2D eigenvalue weighted by Gasteiger charge is -2.38. The van der Waals surface area contributed by atoms with Gasteiger partial charge in [-0.2, -0.15) is 0 Å². The van der Waals surface area contributed by atoms with E-state index in [2.05, 4.69) is 0 Å². The van der Waals surface area contributed by atoms with Crippen LogP contribution in [0.1, 0.15) is 38.9 Å². The van der Waals surface area contributed by atoms with E-state index >= 15 is 0 Å². The molecule has 0 aliphatic carbocycles. The molecule has 1 saturated heterocycles. The Bertz CT molecular complexity index is 641. The number of hydrogen-bond acceptors (Lipinski definition) is 6. The summed E-state index contributed by atoms with van der Waals surface area (Å²) in [5.41, 5.74) is 0. The first-order valence-electron chi connectivity index (χ1n) is 7.78. The molecule has 0 bridgehead atoms. The SMILES string of the molecule is C[C@@H]1CCC[C@@H](C)N1C(=O)COC(=O)/C=C/c1ccc([N+](=O)[O-])o1. The van der Waals surface area contributed by atoms with Gasteiger partial charge in [-0.3, -0.25) is 14.9 Å². The van der Waals surface area contributed by atoms with Gasteiger partial charge in [-0.1, -0.05) is 0 Å². The molecule has 2 atom stereocenters. The Hall–Kier alpha value is -2.64. The van der Waals surface area contributed by atoms with E-state index in [0.29, 0.717) is 0 Å². The highest BCUT2D eigenvalue weighted by Gasteiger charge is 2.29. The Morgan fingerprint density at radius 1 is 1.38 bits per heavy atom. The summed E-state index contributed by atoms with van der Waals surface area (Å²) in [5.74, 6) is -1.18. The fourth-order valence-corrected chi connectivity index (χ4v) is 2.85. The predicted octanol–water partition coefficient (Wildman–Crippen LogP) is 2.53. The summed E-state index contributed by atoms with van der Waals surface area (Å²) in [6.45, 7) is 3.65. The van der Waals surface area contributed by atoms with Gasteiger partial charge in [0.1, 0.15) is 10.7 Å². The minimum absolute atomic E-state index is 0.138. The zero-order valence-corrected chi connectivity index (χ0v) is 13.6. The molecule has 8 heteroatoms. The third-order valence-corrected chi connectivity index (χ3v) is 4.00. The minimum atomic E-state index is -0.709. The number of rotatable bonds is 5. The molecule has 1 aliphatic rings. The van der Waals surface area contributed by atoms with E-state index in [-0.39, 0.29) is 30.4 Å². The third kappa shape index (κ3) is 4.43. The van der Waals surface area contributed by atoms with Crippen molar-refractivity contribution in [1.29, 1.82) is 0 Å². The lowest BCUT2D eigenvalue weighted by atomic mass is 9.97. The van der Waals surface area contributed by atoms with Crippen LogP contribution in [0.15, 0.2) is 22.6 Å². The Labute approximate surface area is 139 Å². The normalized spacial score (nSPS) is 21.0. The highest BCUT2D eigenvalue weighted by molar-refractivity contribution is 5.89. The molecule has 24 heavy (non-hydrogen) atoms. The second-order valence-corrected chi connectivity index (χ2v) is 5.80. The number of nitrogens with zero attached hydrogens (tertiary/aromatic N) is 2. The number of nitro groups is 1. The van der Waals surface area contributed by atoms with Gasteiger partial charge in [-0.15, -0.1) is 0 Å². The van der Waals surface area contributed by atoms with Gasteiger partial charge in [-0.05, 0) is 45.3 Å². The summed E-state index contributed by atoms with van der Waals surface area (Å²) in [6.07, 6.45) is 5.30. The van der Waals surface area contributed by atoms with E-state index in [1.807, 2.05) is 13.8 Å². The fourth-order valence-electron chi connectivity index (χ4n) is 2.85. The number of carbonyl (C=O) groups excluding carboxylic acids is 2. The number of ether oxygens (including phenoxy) is 1. The summed E-state index contributed by atoms with van der Waals surface area (Å²) < 4.78 is 9.81. The van der Waals surface area contributed by atoms with Gasteiger partial charge in [0.05, 0.1) is 6.07 Å². The van der Waals surface area contributed by atoms with Crippen LogP contribution in [0.5, 0.6) is 0 Å². The fraction of sp³-hybridized carbons (Fsp3) is 0.500. The number of piperidine rings is 1. The van der Waals surface area contributed by atoms with Crippen molar-refractivity contribution in [3.8, 4) is 0 Å². The molecule has 1 aliphatic heterocycles. The van der Waals surface area contributed by atoms with Gasteiger partial charge in [0.2, 0.25) is 0 Å². The van der Waals surface area contributed by atoms with E-state index in [1.54, 1.807) is 4.90 Å². The van der Waals surface area contributed by atoms with E-state index in [1.165, 1.54) is 18.2 Å². The molecule has 0 saturated carbocycles. The number of carbonyl (C=O) groups is 2. The molecular weight excluding hydrogens is 316 g/mol. The molecule has 2 rings (SSSR count). The first-order chi connectivity index (χ1) is 11.4. The Morgan fingerprint density at radius 2 is 2.04 bits per heavy atom. The number of hydrogen-bond donors (Lipinski definition) is 0. The van der Waals surface area contributed by atoms with Gasteiger partial charge >= 0.3 is 11.9 Å². The first-order valence-corrected chi connectivity index (χ1v) is 7.78. The molecule has 1 aromatic rings. The Morgan fingerprint density at radius 3 is 2.62 bits per heavy atom. The van der Waals surface area contributed by atoms with Crippen molar-refractivity contribution in [2.45, 2.75) is 45.2 Å². The van der Waals surface area contributed by atoms with Crippen molar-refractivity contribution in [2.75, 3.05) is 6.61 Å². The highest BCUT2D eigenvalue weighted by atomic mass is 16.6. The maximum atomic E-state index is 12.2. The van der Waals surface area contributed by atoms with Crippen LogP contribution in [0.25, 0.3) is 6.08 Å². The van der Waals surface area contributed by atoms with Crippen LogP contribution in [0, 0.1) is 10.1 Å². The molecule has 2 heterocycles. The lowest BCUT2D eigenvalue weighted by molar-refractivity contribution is -0.402. The second kappa shape index (κ2) is 7.76. The summed E-state index contributed by atoms with van der Waals surface area (Å²) in [5, 5.41) is 10.5. The third-order valence-electron chi connectivity index (χ3n) is 4.00. The van der Waals surface area contributed by atoms with Crippen LogP contribution in [0.4, 0.5) is 5.88 Å². The zero-order chi connectivity index (χ0) is 17.7. The molecule has 1 amide bonds. The summed E-state index contributed by atoms with van der Waals surface area (Å²) in [7, 11) is 0. The summed E-state index contributed by atoms with van der Waals surface area (Å²) in [6, 6.07) is 2.83. The average molecular weight is 336 g/mol. The van der Waals surface area contributed by atoms with Crippen molar-refractivity contribution in [3.05, 3.63) is 34.1 Å². The first kappa shape index (κ1) is 17.7. The number of furan rings is 1. The van der Waals surface area contributed by atoms with Crippen LogP contribution < -0.4 is 0 Å². The monoisotopic (exact) mass is 336 g/mol. The number of amides is 1. The smallest absolute Gasteiger partial charge is 0.433 e. The van der Waals surface area contributed by atoms with Crippen LogP contribution in [-0.4, -0.2) is 40.4 Å². The standard InChI is InChI=1S/C16H20N2O6/c1-11-4-3-5-12(2)17(11)14(19)10-23-16(20)9-7-13-6-8-15(24-13)18(21)22/h6-9,11-12H,3-5,10H2,1-2H3/b9-7+/t11-,12-/m1/s1. The van der Waals surface area contributed by atoms with Gasteiger partial charge < -0.3 is 14.1 Å². The molecule has 1 aromatic heterocycles. The van der Waals surface area contributed by atoms with Crippen LogP contribution in [0.2, 0.25) is 0 Å².